The van der Waals surface area contributed by atoms with Crippen LogP contribution >= 0.6 is 22.7 Å². The van der Waals surface area contributed by atoms with Gasteiger partial charge >= 0.3 is 5.97 Å². The maximum Gasteiger partial charge on any atom is 0.349 e. The van der Waals surface area contributed by atoms with Crippen molar-refractivity contribution in [1.29, 1.82) is 0 Å². The molecule has 6 heteroatoms. The molecule has 2 aromatic rings. The zero-order chi connectivity index (χ0) is 17.1. The van der Waals surface area contributed by atoms with Crippen molar-refractivity contribution in [2.75, 3.05) is 13.2 Å². The summed E-state index contributed by atoms with van der Waals surface area (Å²) >= 11 is 3.04. The molecule has 1 aliphatic rings. The smallest absolute Gasteiger partial charge is 0.349 e. The van der Waals surface area contributed by atoms with Gasteiger partial charge in [0.2, 0.25) is 0 Å². The largest absolute Gasteiger partial charge is 0.451 e. The molecule has 0 aliphatic carbocycles. The van der Waals surface area contributed by atoms with Crippen molar-refractivity contribution >= 4 is 34.6 Å². The Bertz CT molecular complexity index is 706. The van der Waals surface area contributed by atoms with E-state index in [0.29, 0.717) is 4.88 Å². The van der Waals surface area contributed by atoms with Gasteiger partial charge in [0.1, 0.15) is 4.88 Å². The molecule has 1 aliphatic heterocycles. The molecule has 1 atom stereocenters. The third kappa shape index (κ3) is 3.54. The number of nitrogens with zero attached hydrogens (tertiary/aromatic N) is 1. The third-order valence-corrected chi connectivity index (χ3v) is 6.16. The summed E-state index contributed by atoms with van der Waals surface area (Å²) < 4.78 is 5.30. The van der Waals surface area contributed by atoms with Gasteiger partial charge in [0, 0.05) is 11.4 Å². The van der Waals surface area contributed by atoms with E-state index in [1.54, 1.807) is 11.3 Å². The van der Waals surface area contributed by atoms with Gasteiger partial charge in [-0.25, -0.2) is 4.79 Å². The number of thiophene rings is 2. The normalized spacial score (nSPS) is 17.5. The number of hydrogen-bond acceptors (Lipinski definition) is 5. The molecule has 0 unspecified atom stereocenters. The highest BCUT2D eigenvalue weighted by atomic mass is 32.1. The zero-order valence-electron chi connectivity index (χ0n) is 13.9. The summed E-state index contributed by atoms with van der Waals surface area (Å²) in [5, 5.41) is 3.92. The van der Waals surface area contributed by atoms with Gasteiger partial charge < -0.3 is 9.64 Å². The Labute approximate surface area is 150 Å². The maximum atomic E-state index is 12.5. The van der Waals surface area contributed by atoms with Crippen molar-refractivity contribution in [3.05, 3.63) is 44.3 Å². The Morgan fingerprint density at radius 1 is 1.29 bits per heavy atom. The second-order valence-corrected chi connectivity index (χ2v) is 8.09. The minimum atomic E-state index is -0.395. The van der Waals surface area contributed by atoms with Gasteiger partial charge in [-0.15, -0.1) is 22.7 Å². The minimum Gasteiger partial charge on any atom is -0.451 e. The van der Waals surface area contributed by atoms with Gasteiger partial charge in [0.05, 0.1) is 6.04 Å². The first-order valence-corrected chi connectivity index (χ1v) is 9.91. The topological polar surface area (TPSA) is 46.6 Å². The van der Waals surface area contributed by atoms with Crippen molar-refractivity contribution in [1.82, 2.24) is 4.90 Å². The molecule has 1 fully saturated rings. The molecule has 0 spiro atoms. The second-order valence-electron chi connectivity index (χ2n) is 6.20. The maximum absolute atomic E-state index is 12.5. The highest BCUT2D eigenvalue weighted by molar-refractivity contribution is 7.12. The molecule has 128 valence electrons. The van der Waals surface area contributed by atoms with Crippen LogP contribution in [0.15, 0.2) is 29.0 Å². The molecule has 24 heavy (non-hydrogen) atoms. The molecule has 0 radical (unpaired) electrons. The van der Waals surface area contributed by atoms with Crippen molar-refractivity contribution in [2.24, 2.45) is 0 Å². The number of carbonyl (C=O) groups is 2. The Kier molecular flexibility index (Phi) is 5.36. The second kappa shape index (κ2) is 7.49. The number of carbonyl (C=O) groups excluding carboxylic acids is 2. The number of amides is 1. The average Bonchev–Trinajstić information content (AvgIpc) is 3.32. The molecule has 3 heterocycles. The number of rotatable bonds is 5. The van der Waals surface area contributed by atoms with Crippen LogP contribution in [-0.2, 0) is 9.53 Å². The molecule has 2 aromatic heterocycles. The van der Waals surface area contributed by atoms with E-state index in [2.05, 4.69) is 6.07 Å². The van der Waals surface area contributed by atoms with Crippen LogP contribution < -0.4 is 0 Å². The fourth-order valence-electron chi connectivity index (χ4n) is 3.06. The van der Waals surface area contributed by atoms with Gasteiger partial charge in [0.15, 0.2) is 6.61 Å². The molecule has 0 bridgehead atoms. The molecule has 4 nitrogen and oxygen atoms in total. The Hall–Kier alpha value is -1.66. The standard InChI is InChI=1S/C18H21NO3S2/c1-12(2)13-7-10-24-17(13)18(21)22-11-16(20)19-8-3-5-14(19)15-6-4-9-23-15/h4,6-7,9-10,12,14H,3,5,8,11H2,1-2H3/t14-/m1/s1. The predicted molar refractivity (Wildman–Crippen MR) is 96.7 cm³/mol. The lowest BCUT2D eigenvalue weighted by Gasteiger charge is -2.23. The summed E-state index contributed by atoms with van der Waals surface area (Å²) in [4.78, 5) is 28.4. The lowest BCUT2D eigenvalue weighted by Crippen LogP contribution is -2.34. The van der Waals surface area contributed by atoms with Crippen molar-refractivity contribution < 1.29 is 14.3 Å². The van der Waals surface area contributed by atoms with Crippen molar-refractivity contribution in [2.45, 2.75) is 38.6 Å². The van der Waals surface area contributed by atoms with Crippen molar-refractivity contribution in [3.8, 4) is 0 Å². The number of ether oxygens (including phenoxy) is 1. The highest BCUT2D eigenvalue weighted by Gasteiger charge is 2.31. The van der Waals surface area contributed by atoms with Crippen LogP contribution in [0.2, 0.25) is 0 Å². The fourth-order valence-corrected chi connectivity index (χ4v) is 4.88. The van der Waals surface area contributed by atoms with Crippen LogP contribution in [0.4, 0.5) is 0 Å². The van der Waals surface area contributed by atoms with Gasteiger partial charge in [-0.05, 0) is 47.2 Å². The van der Waals surface area contributed by atoms with E-state index in [4.69, 9.17) is 4.74 Å². The summed E-state index contributed by atoms with van der Waals surface area (Å²) in [6.45, 7) is 4.63. The van der Waals surface area contributed by atoms with E-state index in [1.165, 1.54) is 16.2 Å². The quantitative estimate of drug-likeness (QED) is 0.737. The molecule has 3 rings (SSSR count). The molecule has 0 N–H and O–H groups in total. The molecular weight excluding hydrogens is 342 g/mol. The Morgan fingerprint density at radius 3 is 2.83 bits per heavy atom. The Morgan fingerprint density at radius 2 is 2.12 bits per heavy atom. The SMILES string of the molecule is CC(C)c1ccsc1C(=O)OCC(=O)N1CCC[C@@H]1c1cccs1. The van der Waals surface area contributed by atoms with Gasteiger partial charge in [-0.3, -0.25) is 4.79 Å². The van der Waals surface area contributed by atoms with E-state index < -0.39 is 5.97 Å². The van der Waals surface area contributed by atoms with Crippen LogP contribution in [-0.4, -0.2) is 29.9 Å². The summed E-state index contributed by atoms with van der Waals surface area (Å²) in [5.41, 5.74) is 0.982. The van der Waals surface area contributed by atoms with Crippen molar-refractivity contribution in [3.63, 3.8) is 0 Å². The molecule has 0 saturated carbocycles. The lowest BCUT2D eigenvalue weighted by molar-refractivity contribution is -0.135. The van der Waals surface area contributed by atoms with Gasteiger partial charge in [-0.2, -0.15) is 0 Å². The summed E-state index contributed by atoms with van der Waals surface area (Å²) in [6.07, 6.45) is 1.97. The molecular formula is C18H21NO3S2. The van der Waals surface area contributed by atoms with Crippen LogP contribution in [0.3, 0.4) is 0 Å². The highest BCUT2D eigenvalue weighted by Crippen LogP contribution is 2.34. The van der Waals surface area contributed by atoms with E-state index in [9.17, 15) is 9.59 Å². The molecule has 0 aromatic carbocycles. The van der Waals surface area contributed by atoms with E-state index in [1.807, 2.05) is 41.6 Å². The number of likely N-dealkylation sites (tertiary alicyclic amines) is 1. The minimum absolute atomic E-state index is 0.109. The third-order valence-electron chi connectivity index (χ3n) is 4.27. The Balaban J connectivity index is 1.61. The van der Waals surface area contributed by atoms with Crippen LogP contribution in [0.5, 0.6) is 0 Å². The van der Waals surface area contributed by atoms with Crippen LogP contribution in [0.25, 0.3) is 0 Å². The molecule has 1 saturated heterocycles. The van der Waals surface area contributed by atoms with Crippen LogP contribution in [0.1, 0.15) is 58.8 Å². The number of esters is 1. The lowest BCUT2D eigenvalue weighted by atomic mass is 10.0. The van der Waals surface area contributed by atoms with E-state index in [-0.39, 0.29) is 24.5 Å². The van der Waals surface area contributed by atoms with Crippen LogP contribution in [0, 0.1) is 0 Å². The van der Waals surface area contributed by atoms with E-state index >= 15 is 0 Å². The summed E-state index contributed by atoms with van der Waals surface area (Å²) in [7, 11) is 0. The molecule has 1 amide bonds. The van der Waals surface area contributed by atoms with Gasteiger partial charge in [0.25, 0.3) is 5.91 Å². The average molecular weight is 364 g/mol. The monoisotopic (exact) mass is 363 g/mol. The fraction of sp³-hybridized carbons (Fsp3) is 0.444. The summed E-state index contributed by atoms with van der Waals surface area (Å²) in [6, 6.07) is 6.14. The van der Waals surface area contributed by atoms with E-state index in [0.717, 1.165) is 24.9 Å². The first-order valence-electron chi connectivity index (χ1n) is 8.15. The number of hydrogen-bond donors (Lipinski definition) is 0. The van der Waals surface area contributed by atoms with Gasteiger partial charge in [-0.1, -0.05) is 19.9 Å². The zero-order valence-corrected chi connectivity index (χ0v) is 15.5. The first-order chi connectivity index (χ1) is 11.6. The first kappa shape index (κ1) is 17.2. The summed E-state index contributed by atoms with van der Waals surface area (Å²) in [5.74, 6) is -0.243. The predicted octanol–water partition coefficient (Wildman–Crippen LogP) is 4.45.